The van der Waals surface area contributed by atoms with E-state index in [0.29, 0.717) is 18.4 Å². The molecule has 0 spiro atoms. The van der Waals surface area contributed by atoms with Gasteiger partial charge in [-0.2, -0.15) is 0 Å². The highest BCUT2D eigenvalue weighted by Gasteiger charge is 2.28. The quantitative estimate of drug-likeness (QED) is 0.627. The van der Waals surface area contributed by atoms with Crippen LogP contribution in [0.5, 0.6) is 0 Å². The molecule has 1 aromatic heterocycles. The number of H-pyrrole nitrogens is 1. The van der Waals surface area contributed by atoms with E-state index in [0.717, 1.165) is 0 Å². The molecule has 1 fully saturated rings. The van der Waals surface area contributed by atoms with Crippen LogP contribution in [0, 0.1) is 6.92 Å². The molecule has 1 aliphatic heterocycles. The highest BCUT2D eigenvalue weighted by atomic mass is 32.1. The Kier molecular flexibility index (Phi) is 4.11. The molecule has 1 aliphatic rings. The van der Waals surface area contributed by atoms with Gasteiger partial charge in [0, 0.05) is 11.8 Å². The molecular weight excluding hydrogens is 272 g/mol. The highest BCUT2D eigenvalue weighted by molar-refractivity contribution is 7.96. The van der Waals surface area contributed by atoms with Crippen molar-refractivity contribution in [3.05, 3.63) is 32.6 Å². The van der Waals surface area contributed by atoms with Crippen LogP contribution in [0.15, 0.2) is 15.8 Å². The van der Waals surface area contributed by atoms with Crippen molar-refractivity contribution in [1.82, 2.24) is 9.55 Å². The molecule has 0 aromatic carbocycles. The standard InChI is InChI=1S/C11H14N2O5S/c1-6-4-13(10(15)12-9(6)14)8-3-2-7(18-8)5-17-11(16)19/h4,7-8H,2-3,5H2,1H3,(H,16,19)(H,12,14,15). The summed E-state index contributed by atoms with van der Waals surface area (Å²) in [6, 6.07) is 0. The minimum atomic E-state index is -0.663. The normalized spacial score (nSPS) is 22.4. The summed E-state index contributed by atoms with van der Waals surface area (Å²) < 4.78 is 11.7. The van der Waals surface area contributed by atoms with Gasteiger partial charge < -0.3 is 9.47 Å². The van der Waals surface area contributed by atoms with Crippen molar-refractivity contribution in [1.29, 1.82) is 0 Å². The number of carbonyl (C=O) groups is 1. The van der Waals surface area contributed by atoms with E-state index >= 15 is 0 Å². The first-order chi connectivity index (χ1) is 8.97. The Morgan fingerprint density at radius 1 is 1.58 bits per heavy atom. The van der Waals surface area contributed by atoms with Crippen LogP contribution in [0.4, 0.5) is 4.79 Å². The molecule has 2 rings (SSSR count). The van der Waals surface area contributed by atoms with Crippen molar-refractivity contribution in [2.45, 2.75) is 32.1 Å². The molecule has 2 unspecified atom stereocenters. The number of aromatic amines is 1. The summed E-state index contributed by atoms with van der Waals surface area (Å²) >= 11 is 3.49. The second kappa shape index (κ2) is 5.62. The lowest BCUT2D eigenvalue weighted by Crippen LogP contribution is -2.33. The first kappa shape index (κ1) is 13.9. The zero-order chi connectivity index (χ0) is 14.0. The van der Waals surface area contributed by atoms with Crippen molar-refractivity contribution >= 4 is 17.9 Å². The predicted octanol–water partition coefficient (Wildman–Crippen LogP) is 0.589. The summed E-state index contributed by atoms with van der Waals surface area (Å²) in [5.41, 5.74) is -0.472. The van der Waals surface area contributed by atoms with Crippen LogP contribution in [0.2, 0.25) is 0 Å². The Bertz CT molecular complexity index is 593. The van der Waals surface area contributed by atoms with Gasteiger partial charge in [0.1, 0.15) is 12.8 Å². The molecular formula is C11H14N2O5S. The third kappa shape index (κ3) is 3.27. The molecule has 0 bridgehead atoms. The smallest absolute Gasteiger partial charge is 0.364 e. The van der Waals surface area contributed by atoms with E-state index in [1.165, 1.54) is 10.8 Å². The minimum absolute atomic E-state index is 0.107. The fraction of sp³-hybridized carbons (Fsp3) is 0.545. The van der Waals surface area contributed by atoms with E-state index in [4.69, 9.17) is 9.47 Å². The molecule has 0 saturated carbocycles. The largest absolute Gasteiger partial charge is 0.455 e. The number of hydrogen-bond acceptors (Lipinski definition) is 5. The van der Waals surface area contributed by atoms with Gasteiger partial charge >= 0.3 is 11.0 Å². The predicted molar refractivity (Wildman–Crippen MR) is 69.5 cm³/mol. The maximum absolute atomic E-state index is 11.7. The number of nitrogens with zero attached hydrogens (tertiary/aromatic N) is 1. The van der Waals surface area contributed by atoms with E-state index in [1.807, 2.05) is 0 Å². The number of aryl methyl sites for hydroxylation is 1. The Morgan fingerprint density at radius 2 is 2.32 bits per heavy atom. The number of nitrogens with one attached hydrogen (secondary N) is 1. The summed E-state index contributed by atoms with van der Waals surface area (Å²) in [5.74, 6) is 0. The lowest BCUT2D eigenvalue weighted by atomic mass is 10.2. The van der Waals surface area contributed by atoms with Crippen LogP contribution >= 0.6 is 12.6 Å². The lowest BCUT2D eigenvalue weighted by molar-refractivity contribution is -0.0254. The van der Waals surface area contributed by atoms with Crippen molar-refractivity contribution in [3.8, 4) is 0 Å². The van der Waals surface area contributed by atoms with Gasteiger partial charge in [0.2, 0.25) is 0 Å². The highest BCUT2D eigenvalue weighted by Crippen LogP contribution is 2.27. The van der Waals surface area contributed by atoms with Crippen molar-refractivity contribution in [3.63, 3.8) is 0 Å². The fourth-order valence-electron chi connectivity index (χ4n) is 1.98. The van der Waals surface area contributed by atoms with Gasteiger partial charge in [0.25, 0.3) is 5.56 Å². The average Bonchev–Trinajstić information content (AvgIpc) is 2.80. The Hall–Kier alpha value is -1.54. The van der Waals surface area contributed by atoms with Gasteiger partial charge in [-0.05, 0) is 19.8 Å². The fourth-order valence-corrected chi connectivity index (χ4v) is 2.05. The zero-order valence-corrected chi connectivity index (χ0v) is 11.2. The van der Waals surface area contributed by atoms with Crippen molar-refractivity contribution in [2.75, 3.05) is 6.61 Å². The monoisotopic (exact) mass is 286 g/mol. The molecule has 2 heterocycles. The van der Waals surface area contributed by atoms with E-state index < -0.39 is 22.8 Å². The Labute approximate surface area is 113 Å². The van der Waals surface area contributed by atoms with Crippen LogP contribution < -0.4 is 11.2 Å². The third-order valence-electron chi connectivity index (χ3n) is 2.93. The van der Waals surface area contributed by atoms with Gasteiger partial charge in [-0.3, -0.25) is 14.3 Å². The molecule has 104 valence electrons. The zero-order valence-electron chi connectivity index (χ0n) is 10.3. The van der Waals surface area contributed by atoms with Gasteiger partial charge in [0.05, 0.1) is 6.10 Å². The first-order valence-corrected chi connectivity index (χ1v) is 6.25. The van der Waals surface area contributed by atoms with Gasteiger partial charge in [-0.25, -0.2) is 9.59 Å². The second-order valence-electron chi connectivity index (χ2n) is 4.35. The number of rotatable bonds is 3. The van der Waals surface area contributed by atoms with E-state index in [1.54, 1.807) is 6.92 Å². The molecule has 0 amide bonds. The van der Waals surface area contributed by atoms with E-state index in [-0.39, 0.29) is 12.7 Å². The number of ether oxygens (including phenoxy) is 2. The summed E-state index contributed by atoms with van der Waals surface area (Å²) in [6.07, 6.45) is 2.03. The maximum atomic E-state index is 11.7. The van der Waals surface area contributed by atoms with Crippen LogP contribution in [0.1, 0.15) is 24.6 Å². The molecule has 7 nitrogen and oxygen atoms in total. The second-order valence-corrected chi connectivity index (χ2v) is 4.71. The van der Waals surface area contributed by atoms with Gasteiger partial charge in [-0.1, -0.05) is 12.6 Å². The van der Waals surface area contributed by atoms with Crippen molar-refractivity contribution < 1.29 is 14.3 Å². The van der Waals surface area contributed by atoms with Gasteiger partial charge in [0.15, 0.2) is 0 Å². The molecule has 19 heavy (non-hydrogen) atoms. The third-order valence-corrected chi connectivity index (χ3v) is 3.06. The Morgan fingerprint density at radius 3 is 3.00 bits per heavy atom. The molecule has 0 radical (unpaired) electrons. The molecule has 2 atom stereocenters. The van der Waals surface area contributed by atoms with Crippen molar-refractivity contribution in [2.24, 2.45) is 0 Å². The van der Waals surface area contributed by atoms with Gasteiger partial charge in [-0.15, -0.1) is 0 Å². The van der Waals surface area contributed by atoms with E-state index in [9.17, 15) is 14.4 Å². The van der Waals surface area contributed by atoms with Crippen LogP contribution in [0.25, 0.3) is 0 Å². The van der Waals surface area contributed by atoms with E-state index in [2.05, 4.69) is 17.6 Å². The number of carbonyl (C=O) groups excluding carboxylic acids is 1. The summed E-state index contributed by atoms with van der Waals surface area (Å²) in [7, 11) is 0. The van der Waals surface area contributed by atoms with Crippen LogP contribution in [-0.2, 0) is 9.47 Å². The average molecular weight is 286 g/mol. The number of thiol groups is 1. The Balaban J connectivity index is 2.09. The summed E-state index contributed by atoms with van der Waals surface area (Å²) in [5, 5.41) is -0.663. The molecule has 8 heteroatoms. The molecule has 1 saturated heterocycles. The topological polar surface area (TPSA) is 90.4 Å². The number of hydrogen-bond donors (Lipinski definition) is 2. The van der Waals surface area contributed by atoms with Crippen LogP contribution in [0.3, 0.4) is 0 Å². The molecule has 0 aliphatic carbocycles. The van der Waals surface area contributed by atoms with Crippen LogP contribution in [-0.4, -0.2) is 27.6 Å². The molecule has 1 aromatic rings. The molecule has 1 N–H and O–H groups in total. The summed E-state index contributed by atoms with van der Waals surface area (Å²) in [4.78, 5) is 35.8. The maximum Gasteiger partial charge on any atom is 0.364 e. The minimum Gasteiger partial charge on any atom is -0.455 e. The SMILES string of the molecule is Cc1cn(C2CCC(COC(=O)S)O2)c(=O)[nH]c1=O. The number of aromatic nitrogens is 2. The lowest BCUT2D eigenvalue weighted by Gasteiger charge is -2.15. The summed E-state index contributed by atoms with van der Waals surface area (Å²) in [6.45, 7) is 1.72. The first-order valence-electron chi connectivity index (χ1n) is 5.80.